The van der Waals surface area contributed by atoms with Gasteiger partial charge in [0.25, 0.3) is 5.91 Å². The van der Waals surface area contributed by atoms with Gasteiger partial charge in [0.2, 0.25) is 5.91 Å². The second-order valence-corrected chi connectivity index (χ2v) is 7.33. The number of thiophene rings is 1. The standard InChI is InChI=1S/C22H22N2O2S/c1-16(19-10-6-11-20(14-19)23-17(2)25)24(15-18-8-4-3-5-9-18)22(26)21-12-7-13-27-21/h3-14,16H,15H2,1-2H3,(H,23,25). The fourth-order valence-corrected chi connectivity index (χ4v) is 3.64. The summed E-state index contributed by atoms with van der Waals surface area (Å²) in [4.78, 5) is 27.1. The number of hydrogen-bond acceptors (Lipinski definition) is 3. The van der Waals surface area contributed by atoms with Crippen LogP contribution in [0, 0.1) is 0 Å². The second kappa shape index (κ2) is 8.64. The Morgan fingerprint density at radius 1 is 1.04 bits per heavy atom. The van der Waals surface area contributed by atoms with E-state index >= 15 is 0 Å². The number of benzene rings is 2. The van der Waals surface area contributed by atoms with Crippen LogP contribution in [0.15, 0.2) is 72.1 Å². The zero-order valence-corrected chi connectivity index (χ0v) is 16.2. The van der Waals surface area contributed by atoms with E-state index in [0.717, 1.165) is 21.7 Å². The Morgan fingerprint density at radius 3 is 2.48 bits per heavy atom. The van der Waals surface area contributed by atoms with Crippen LogP contribution >= 0.6 is 11.3 Å². The van der Waals surface area contributed by atoms with Gasteiger partial charge >= 0.3 is 0 Å². The molecule has 0 bridgehead atoms. The maximum absolute atomic E-state index is 13.2. The van der Waals surface area contributed by atoms with Gasteiger partial charge < -0.3 is 10.2 Å². The SMILES string of the molecule is CC(=O)Nc1cccc(C(C)N(Cc2ccccc2)C(=O)c2cccs2)c1. The fraction of sp³-hybridized carbons (Fsp3) is 0.182. The van der Waals surface area contributed by atoms with Crippen molar-refractivity contribution < 1.29 is 9.59 Å². The molecule has 0 aliphatic rings. The minimum Gasteiger partial charge on any atom is -0.327 e. The van der Waals surface area contributed by atoms with E-state index in [1.807, 2.05) is 83.9 Å². The Labute approximate surface area is 163 Å². The highest BCUT2D eigenvalue weighted by molar-refractivity contribution is 7.12. The van der Waals surface area contributed by atoms with Crippen molar-refractivity contribution in [2.45, 2.75) is 26.4 Å². The molecule has 1 N–H and O–H groups in total. The van der Waals surface area contributed by atoms with Crippen molar-refractivity contribution in [3.8, 4) is 0 Å². The topological polar surface area (TPSA) is 49.4 Å². The van der Waals surface area contributed by atoms with E-state index in [4.69, 9.17) is 0 Å². The second-order valence-electron chi connectivity index (χ2n) is 6.38. The van der Waals surface area contributed by atoms with Crippen molar-refractivity contribution in [2.24, 2.45) is 0 Å². The normalized spacial score (nSPS) is 11.6. The molecule has 0 spiro atoms. The largest absolute Gasteiger partial charge is 0.327 e. The summed E-state index contributed by atoms with van der Waals surface area (Å²) in [7, 11) is 0. The lowest BCUT2D eigenvalue weighted by molar-refractivity contribution is -0.114. The Kier molecular flexibility index (Phi) is 6.04. The van der Waals surface area contributed by atoms with Crippen LogP contribution in [0.4, 0.5) is 5.69 Å². The van der Waals surface area contributed by atoms with Crippen molar-refractivity contribution in [1.29, 1.82) is 0 Å². The first-order valence-corrected chi connectivity index (χ1v) is 9.68. The fourth-order valence-electron chi connectivity index (χ4n) is 2.97. The van der Waals surface area contributed by atoms with Crippen LogP contribution in [0.2, 0.25) is 0 Å². The first-order chi connectivity index (χ1) is 13.0. The molecule has 0 saturated heterocycles. The van der Waals surface area contributed by atoms with Crippen molar-refractivity contribution in [3.63, 3.8) is 0 Å². The molecule has 2 amide bonds. The van der Waals surface area contributed by atoms with Gasteiger partial charge in [0, 0.05) is 19.2 Å². The molecule has 0 saturated carbocycles. The lowest BCUT2D eigenvalue weighted by Gasteiger charge is -2.30. The number of carbonyl (C=O) groups is 2. The Bertz CT molecular complexity index is 907. The number of rotatable bonds is 6. The Balaban J connectivity index is 1.91. The molecule has 0 fully saturated rings. The first kappa shape index (κ1) is 18.9. The quantitative estimate of drug-likeness (QED) is 0.648. The molecule has 27 heavy (non-hydrogen) atoms. The highest BCUT2D eigenvalue weighted by atomic mass is 32.1. The number of amides is 2. The van der Waals surface area contributed by atoms with Gasteiger partial charge in [-0.2, -0.15) is 0 Å². The molecule has 0 aliphatic carbocycles. The Hall–Kier alpha value is -2.92. The lowest BCUT2D eigenvalue weighted by Crippen LogP contribution is -2.32. The van der Waals surface area contributed by atoms with Crippen LogP contribution in [0.3, 0.4) is 0 Å². The number of carbonyl (C=O) groups excluding carboxylic acids is 2. The van der Waals surface area contributed by atoms with E-state index in [1.54, 1.807) is 0 Å². The molecule has 3 aromatic rings. The third-order valence-electron chi connectivity index (χ3n) is 4.35. The maximum Gasteiger partial charge on any atom is 0.264 e. The molecule has 1 heterocycles. The van der Waals surface area contributed by atoms with Gasteiger partial charge in [0.05, 0.1) is 10.9 Å². The van der Waals surface area contributed by atoms with Crippen molar-refractivity contribution in [3.05, 3.63) is 88.1 Å². The molecule has 138 valence electrons. The van der Waals surface area contributed by atoms with Gasteiger partial charge in [-0.15, -0.1) is 11.3 Å². The summed E-state index contributed by atoms with van der Waals surface area (Å²) in [6, 6.07) is 21.2. The highest BCUT2D eigenvalue weighted by Crippen LogP contribution is 2.27. The molecule has 2 aromatic carbocycles. The molecular formula is C22H22N2O2S. The predicted octanol–water partition coefficient (Wildman–Crippen LogP) is 5.11. The van der Waals surface area contributed by atoms with Crippen molar-refractivity contribution >= 4 is 28.8 Å². The van der Waals surface area contributed by atoms with Crippen LogP contribution in [-0.4, -0.2) is 16.7 Å². The summed E-state index contributed by atoms with van der Waals surface area (Å²) >= 11 is 1.45. The van der Waals surface area contributed by atoms with Gasteiger partial charge in [-0.25, -0.2) is 0 Å². The molecule has 5 heteroatoms. The van der Waals surface area contributed by atoms with Gasteiger partial charge in [-0.05, 0) is 41.6 Å². The number of nitrogens with one attached hydrogen (secondary N) is 1. The summed E-state index contributed by atoms with van der Waals surface area (Å²) < 4.78 is 0. The minimum atomic E-state index is -0.145. The van der Waals surface area contributed by atoms with Gasteiger partial charge in [0.1, 0.15) is 0 Å². The lowest BCUT2D eigenvalue weighted by atomic mass is 10.0. The number of anilines is 1. The number of nitrogens with zero attached hydrogens (tertiary/aromatic N) is 1. The first-order valence-electron chi connectivity index (χ1n) is 8.80. The van der Waals surface area contributed by atoms with Gasteiger partial charge in [-0.1, -0.05) is 48.5 Å². The van der Waals surface area contributed by atoms with E-state index in [1.165, 1.54) is 18.3 Å². The third kappa shape index (κ3) is 4.83. The van der Waals surface area contributed by atoms with Crippen molar-refractivity contribution in [2.75, 3.05) is 5.32 Å². The molecule has 4 nitrogen and oxygen atoms in total. The summed E-state index contributed by atoms with van der Waals surface area (Å²) in [6.07, 6.45) is 0. The van der Waals surface area contributed by atoms with Crippen LogP contribution in [0.5, 0.6) is 0 Å². The summed E-state index contributed by atoms with van der Waals surface area (Å²) in [6.45, 7) is 4.02. The molecule has 1 unspecified atom stereocenters. The van der Waals surface area contributed by atoms with Gasteiger partial charge in [0.15, 0.2) is 0 Å². The number of hydrogen-bond donors (Lipinski definition) is 1. The zero-order valence-electron chi connectivity index (χ0n) is 15.4. The van der Waals surface area contributed by atoms with E-state index < -0.39 is 0 Å². The average Bonchev–Trinajstić information content (AvgIpc) is 3.20. The van der Waals surface area contributed by atoms with Crippen molar-refractivity contribution in [1.82, 2.24) is 4.90 Å². The van der Waals surface area contributed by atoms with Gasteiger partial charge in [-0.3, -0.25) is 9.59 Å². The minimum absolute atomic E-state index is 0.00582. The van der Waals surface area contributed by atoms with E-state index in [-0.39, 0.29) is 17.9 Å². The summed E-state index contributed by atoms with van der Waals surface area (Å²) in [5, 5.41) is 4.72. The molecule has 1 atom stereocenters. The third-order valence-corrected chi connectivity index (χ3v) is 5.20. The molecule has 3 rings (SSSR count). The zero-order chi connectivity index (χ0) is 19.2. The smallest absolute Gasteiger partial charge is 0.264 e. The molecule has 0 radical (unpaired) electrons. The average molecular weight is 378 g/mol. The predicted molar refractivity (Wildman–Crippen MR) is 110 cm³/mol. The van der Waals surface area contributed by atoms with E-state index in [2.05, 4.69) is 5.32 Å². The molecule has 1 aromatic heterocycles. The summed E-state index contributed by atoms with van der Waals surface area (Å²) in [5.41, 5.74) is 2.78. The summed E-state index contributed by atoms with van der Waals surface area (Å²) in [5.74, 6) is -0.109. The Morgan fingerprint density at radius 2 is 1.81 bits per heavy atom. The maximum atomic E-state index is 13.2. The van der Waals surface area contributed by atoms with Crippen LogP contribution < -0.4 is 5.32 Å². The molecule has 0 aliphatic heterocycles. The van der Waals surface area contributed by atoms with E-state index in [9.17, 15) is 9.59 Å². The van der Waals surface area contributed by atoms with E-state index in [0.29, 0.717) is 6.54 Å². The van der Waals surface area contributed by atoms with Crippen LogP contribution in [0.1, 0.15) is 40.7 Å². The molecular weight excluding hydrogens is 356 g/mol. The highest BCUT2D eigenvalue weighted by Gasteiger charge is 2.24. The van der Waals surface area contributed by atoms with Crippen LogP contribution in [0.25, 0.3) is 0 Å². The monoisotopic (exact) mass is 378 g/mol. The van der Waals surface area contributed by atoms with Crippen LogP contribution in [-0.2, 0) is 11.3 Å².